The van der Waals surface area contributed by atoms with Crippen molar-refractivity contribution in [2.75, 3.05) is 11.4 Å². The van der Waals surface area contributed by atoms with E-state index in [4.69, 9.17) is 0 Å². The van der Waals surface area contributed by atoms with Gasteiger partial charge in [0.2, 0.25) is 0 Å². The van der Waals surface area contributed by atoms with E-state index in [0.29, 0.717) is 21.8 Å². The van der Waals surface area contributed by atoms with Gasteiger partial charge in [0.1, 0.15) is 0 Å². The van der Waals surface area contributed by atoms with Crippen LogP contribution >= 0.6 is 0 Å². The average molecular weight is 384 g/mol. The van der Waals surface area contributed by atoms with Crippen LogP contribution in [-0.2, 0) is 5.54 Å². The lowest BCUT2D eigenvalue weighted by Gasteiger charge is -2.38. The number of alkyl halides is 3. The molecule has 1 saturated heterocycles. The number of nitrogens with zero attached hydrogens (tertiary/aromatic N) is 1. The van der Waals surface area contributed by atoms with Gasteiger partial charge in [-0.25, -0.2) is 4.79 Å². The number of urea groups is 1. The van der Waals surface area contributed by atoms with Crippen LogP contribution in [0.3, 0.4) is 0 Å². The fraction of sp³-hybridized carbons (Fsp3) is 0.150. The first kappa shape index (κ1) is 16.7. The Morgan fingerprint density at radius 1 is 0.893 bits per heavy atom. The van der Waals surface area contributed by atoms with E-state index >= 15 is 0 Å². The number of anilines is 1. The Balaban J connectivity index is 1.83. The number of aromatic amines is 2. The molecule has 5 nitrogen and oxygen atoms in total. The molecule has 1 aliphatic rings. The van der Waals surface area contributed by atoms with Crippen molar-refractivity contribution in [2.45, 2.75) is 11.7 Å². The monoisotopic (exact) mass is 384 g/mol. The number of hydrogen-bond donors (Lipinski definition) is 3. The van der Waals surface area contributed by atoms with E-state index in [1.54, 1.807) is 48.5 Å². The molecule has 2 amide bonds. The number of para-hydroxylation sites is 2. The van der Waals surface area contributed by atoms with Gasteiger partial charge >= 0.3 is 12.2 Å². The van der Waals surface area contributed by atoms with Gasteiger partial charge in [-0.1, -0.05) is 36.4 Å². The molecule has 5 rings (SSSR count). The number of fused-ring (bicyclic) bond motifs is 2. The normalized spacial score (nSPS) is 20.2. The minimum atomic E-state index is -4.71. The molecule has 0 radical (unpaired) electrons. The van der Waals surface area contributed by atoms with Crippen molar-refractivity contribution in [3.05, 3.63) is 66.5 Å². The quantitative estimate of drug-likeness (QED) is 0.463. The number of hydrogen-bond acceptors (Lipinski definition) is 1. The Bertz CT molecular complexity index is 1210. The molecule has 3 heterocycles. The summed E-state index contributed by atoms with van der Waals surface area (Å²) < 4.78 is 44.0. The lowest BCUT2D eigenvalue weighted by molar-refractivity contribution is -0.182. The van der Waals surface area contributed by atoms with Crippen molar-refractivity contribution in [1.29, 1.82) is 0 Å². The zero-order chi connectivity index (χ0) is 19.5. The molecule has 2 aromatic carbocycles. The number of halogens is 3. The number of aromatic nitrogens is 2. The highest BCUT2D eigenvalue weighted by atomic mass is 19.4. The number of amides is 2. The van der Waals surface area contributed by atoms with Crippen molar-refractivity contribution in [3.63, 3.8) is 0 Å². The van der Waals surface area contributed by atoms with Crippen LogP contribution in [0.5, 0.6) is 0 Å². The molecule has 28 heavy (non-hydrogen) atoms. The maximum absolute atomic E-state index is 14.7. The van der Waals surface area contributed by atoms with Gasteiger partial charge in [0.05, 0.1) is 12.2 Å². The van der Waals surface area contributed by atoms with Gasteiger partial charge in [-0.05, 0) is 12.1 Å². The van der Waals surface area contributed by atoms with Crippen LogP contribution in [0.4, 0.5) is 23.7 Å². The number of benzene rings is 2. The van der Waals surface area contributed by atoms with Gasteiger partial charge in [-0.3, -0.25) is 4.90 Å². The third-order valence-electron chi connectivity index (χ3n) is 5.39. The molecule has 0 spiro atoms. The van der Waals surface area contributed by atoms with Gasteiger partial charge < -0.3 is 15.3 Å². The van der Waals surface area contributed by atoms with Crippen LogP contribution in [0.25, 0.3) is 21.8 Å². The van der Waals surface area contributed by atoms with Gasteiger partial charge in [-0.2, -0.15) is 13.2 Å². The molecular formula is C20H15F3N4O. The largest absolute Gasteiger partial charge is 0.418 e. The molecule has 1 aliphatic heterocycles. The summed E-state index contributed by atoms with van der Waals surface area (Å²) in [4.78, 5) is 19.4. The smallest absolute Gasteiger partial charge is 0.361 e. The van der Waals surface area contributed by atoms with Crippen LogP contribution in [0, 0.1) is 0 Å². The van der Waals surface area contributed by atoms with Crippen LogP contribution < -0.4 is 10.2 Å². The summed E-state index contributed by atoms with van der Waals surface area (Å²) in [5.74, 6) is 0. The summed E-state index contributed by atoms with van der Waals surface area (Å²) in [7, 11) is 0. The highest BCUT2D eigenvalue weighted by Crippen LogP contribution is 2.50. The van der Waals surface area contributed by atoms with E-state index in [1.807, 2.05) is 0 Å². The number of rotatable bonds is 2. The third kappa shape index (κ3) is 2.05. The van der Waals surface area contributed by atoms with E-state index in [9.17, 15) is 18.0 Å². The first-order valence-corrected chi connectivity index (χ1v) is 8.71. The Kier molecular flexibility index (Phi) is 3.31. The fourth-order valence-corrected chi connectivity index (χ4v) is 4.10. The SMILES string of the molecule is O=C1NCC(c2c[nH]c3ccccc23)(C(F)(F)F)N1c1c[nH]c2ccccc12. The Morgan fingerprint density at radius 3 is 2.21 bits per heavy atom. The molecule has 0 bridgehead atoms. The summed E-state index contributed by atoms with van der Waals surface area (Å²) in [6.07, 6.45) is -1.92. The molecular weight excluding hydrogens is 369 g/mol. The Hall–Kier alpha value is -3.42. The Morgan fingerprint density at radius 2 is 1.50 bits per heavy atom. The molecule has 4 aromatic rings. The molecule has 1 unspecified atom stereocenters. The average Bonchev–Trinajstić information content (AvgIpc) is 3.36. The van der Waals surface area contributed by atoms with Crippen molar-refractivity contribution in [2.24, 2.45) is 0 Å². The van der Waals surface area contributed by atoms with Crippen LogP contribution in [0.1, 0.15) is 5.56 Å². The Labute approximate surface area is 157 Å². The molecule has 1 atom stereocenters. The van der Waals surface area contributed by atoms with Crippen molar-refractivity contribution in [3.8, 4) is 0 Å². The second kappa shape index (κ2) is 5.54. The summed E-state index contributed by atoms with van der Waals surface area (Å²) in [6, 6.07) is 13.0. The maximum atomic E-state index is 14.7. The number of H-pyrrole nitrogens is 2. The summed E-state index contributed by atoms with van der Waals surface area (Å²) in [6.45, 7) is -0.573. The van der Waals surface area contributed by atoms with E-state index in [2.05, 4.69) is 15.3 Å². The van der Waals surface area contributed by atoms with Crippen molar-refractivity contribution < 1.29 is 18.0 Å². The van der Waals surface area contributed by atoms with Crippen LogP contribution in [-0.4, -0.2) is 28.7 Å². The van der Waals surface area contributed by atoms with E-state index in [0.717, 1.165) is 4.90 Å². The van der Waals surface area contributed by atoms with E-state index in [1.165, 1.54) is 12.4 Å². The molecule has 0 aliphatic carbocycles. The van der Waals surface area contributed by atoms with E-state index in [-0.39, 0.29) is 11.3 Å². The summed E-state index contributed by atoms with van der Waals surface area (Å²) in [5.41, 5.74) is -1.09. The second-order valence-electron chi connectivity index (χ2n) is 6.82. The summed E-state index contributed by atoms with van der Waals surface area (Å²) >= 11 is 0. The van der Waals surface area contributed by atoms with Gasteiger partial charge in [-0.15, -0.1) is 0 Å². The number of carbonyl (C=O) groups is 1. The molecule has 8 heteroatoms. The molecule has 1 fully saturated rings. The van der Waals surface area contributed by atoms with Gasteiger partial charge in [0.25, 0.3) is 0 Å². The van der Waals surface area contributed by atoms with Gasteiger partial charge in [0.15, 0.2) is 5.54 Å². The fourth-order valence-electron chi connectivity index (χ4n) is 4.10. The predicted octanol–water partition coefficient (Wildman–Crippen LogP) is 4.64. The molecule has 2 aromatic heterocycles. The first-order chi connectivity index (χ1) is 13.4. The zero-order valence-electron chi connectivity index (χ0n) is 14.5. The van der Waals surface area contributed by atoms with Crippen LogP contribution in [0.15, 0.2) is 60.9 Å². The maximum Gasteiger partial charge on any atom is 0.418 e. The number of carbonyl (C=O) groups excluding carboxylic acids is 1. The van der Waals surface area contributed by atoms with Crippen molar-refractivity contribution in [1.82, 2.24) is 15.3 Å². The first-order valence-electron chi connectivity index (χ1n) is 8.71. The topological polar surface area (TPSA) is 63.9 Å². The minimum Gasteiger partial charge on any atom is -0.361 e. The molecule has 0 saturated carbocycles. The third-order valence-corrected chi connectivity index (χ3v) is 5.39. The lowest BCUT2D eigenvalue weighted by atomic mass is 9.87. The van der Waals surface area contributed by atoms with Crippen molar-refractivity contribution >= 4 is 33.5 Å². The second-order valence-corrected chi connectivity index (χ2v) is 6.82. The van der Waals surface area contributed by atoms with Crippen LogP contribution in [0.2, 0.25) is 0 Å². The lowest BCUT2D eigenvalue weighted by Crippen LogP contribution is -2.55. The molecule has 3 N–H and O–H groups in total. The molecule has 142 valence electrons. The highest BCUT2D eigenvalue weighted by molar-refractivity contribution is 6.06. The summed E-state index contributed by atoms with van der Waals surface area (Å²) in [5, 5.41) is 3.39. The highest BCUT2D eigenvalue weighted by Gasteiger charge is 2.66. The van der Waals surface area contributed by atoms with E-state index < -0.39 is 24.3 Å². The predicted molar refractivity (Wildman–Crippen MR) is 100 cm³/mol. The zero-order valence-corrected chi connectivity index (χ0v) is 14.5. The van der Waals surface area contributed by atoms with Gasteiger partial charge in [0, 0.05) is 39.8 Å². The standard InChI is InChI=1S/C20H15F3N4O/c21-20(22,23)19(14-9-24-15-7-3-1-5-12(14)15)11-26-18(28)27(19)17-10-25-16-8-4-2-6-13(16)17/h1-10,24-25H,11H2,(H,26,28). The number of nitrogens with one attached hydrogen (secondary N) is 3. The minimum absolute atomic E-state index is 0.0132.